The summed E-state index contributed by atoms with van der Waals surface area (Å²) in [6, 6.07) is 10.6. The van der Waals surface area contributed by atoms with Crippen LogP contribution >= 0.6 is 0 Å². The second-order valence-corrected chi connectivity index (χ2v) is 8.73. The van der Waals surface area contributed by atoms with Crippen molar-refractivity contribution in [2.45, 2.75) is 17.5 Å². The van der Waals surface area contributed by atoms with Crippen molar-refractivity contribution >= 4 is 10.0 Å². The maximum Gasteiger partial charge on any atom is 0.244 e. The molecule has 1 aliphatic rings. The lowest BCUT2D eigenvalue weighted by Gasteiger charge is -2.36. The summed E-state index contributed by atoms with van der Waals surface area (Å²) in [4.78, 5) is 0.0211. The standard InChI is InChI=1S/C21H20F2N2O4S/c1-28-19-8-6-15(13-20(19)29-2)30(26,27)25-11-10-24-9-3-4-18(24)21(25)14-5-7-16(22)17(23)12-14/h3-9,12-13,21H,10-11H2,1-2H3. The Morgan fingerprint density at radius 1 is 0.933 bits per heavy atom. The quantitative estimate of drug-likeness (QED) is 0.616. The molecular weight excluding hydrogens is 414 g/mol. The first kappa shape index (κ1) is 20.4. The zero-order valence-electron chi connectivity index (χ0n) is 16.4. The van der Waals surface area contributed by atoms with Gasteiger partial charge in [-0.1, -0.05) is 6.07 Å². The number of ether oxygens (including phenoxy) is 2. The highest BCUT2D eigenvalue weighted by Crippen LogP contribution is 2.38. The molecule has 158 valence electrons. The molecule has 6 nitrogen and oxygen atoms in total. The van der Waals surface area contributed by atoms with Crippen LogP contribution in [0.25, 0.3) is 0 Å². The highest BCUT2D eigenvalue weighted by atomic mass is 32.2. The predicted molar refractivity (Wildman–Crippen MR) is 106 cm³/mol. The molecule has 4 rings (SSSR count). The third kappa shape index (κ3) is 3.33. The van der Waals surface area contributed by atoms with E-state index in [0.29, 0.717) is 23.6 Å². The lowest BCUT2D eigenvalue weighted by atomic mass is 10.0. The Balaban J connectivity index is 1.84. The van der Waals surface area contributed by atoms with Crippen LogP contribution in [0, 0.1) is 11.6 Å². The molecule has 0 aliphatic carbocycles. The van der Waals surface area contributed by atoms with E-state index in [0.717, 1.165) is 12.1 Å². The molecule has 2 heterocycles. The van der Waals surface area contributed by atoms with Gasteiger partial charge in [-0.2, -0.15) is 4.31 Å². The number of halogens is 2. The van der Waals surface area contributed by atoms with Gasteiger partial charge in [0.2, 0.25) is 10.0 Å². The van der Waals surface area contributed by atoms with Gasteiger partial charge in [0.05, 0.1) is 25.2 Å². The minimum Gasteiger partial charge on any atom is -0.493 e. The van der Waals surface area contributed by atoms with Gasteiger partial charge in [0.1, 0.15) is 0 Å². The van der Waals surface area contributed by atoms with Crippen LogP contribution in [-0.2, 0) is 16.6 Å². The van der Waals surface area contributed by atoms with Gasteiger partial charge in [0.15, 0.2) is 23.1 Å². The highest BCUT2D eigenvalue weighted by Gasteiger charge is 2.38. The maximum atomic E-state index is 14.0. The number of hydrogen-bond acceptors (Lipinski definition) is 4. The Bertz CT molecular complexity index is 1190. The topological polar surface area (TPSA) is 60.8 Å². The van der Waals surface area contributed by atoms with Gasteiger partial charge in [-0.3, -0.25) is 0 Å². The molecule has 0 amide bonds. The van der Waals surface area contributed by atoms with E-state index in [1.54, 1.807) is 12.1 Å². The molecule has 0 saturated carbocycles. The summed E-state index contributed by atoms with van der Waals surface area (Å²) in [5, 5.41) is 0. The number of rotatable bonds is 5. The zero-order valence-corrected chi connectivity index (χ0v) is 17.2. The zero-order chi connectivity index (χ0) is 21.5. The summed E-state index contributed by atoms with van der Waals surface area (Å²) in [5.74, 6) is -1.33. The smallest absolute Gasteiger partial charge is 0.244 e. The average Bonchev–Trinajstić information content (AvgIpc) is 3.23. The van der Waals surface area contributed by atoms with Crippen LogP contribution in [0.2, 0.25) is 0 Å². The van der Waals surface area contributed by atoms with E-state index >= 15 is 0 Å². The molecule has 0 spiro atoms. The molecule has 0 radical (unpaired) electrons. The number of methoxy groups -OCH3 is 2. The molecule has 2 aromatic carbocycles. The Kier molecular flexibility index (Phi) is 5.25. The van der Waals surface area contributed by atoms with Crippen molar-refractivity contribution in [2.75, 3.05) is 20.8 Å². The fourth-order valence-electron chi connectivity index (χ4n) is 3.75. The summed E-state index contributed by atoms with van der Waals surface area (Å²) >= 11 is 0. The van der Waals surface area contributed by atoms with Crippen LogP contribution in [0.5, 0.6) is 11.5 Å². The van der Waals surface area contributed by atoms with Crippen molar-refractivity contribution in [1.82, 2.24) is 8.87 Å². The molecule has 1 aliphatic heterocycles. The predicted octanol–water partition coefficient (Wildman–Crippen LogP) is 3.58. The minimum absolute atomic E-state index is 0.0211. The van der Waals surface area contributed by atoms with E-state index in [2.05, 4.69) is 0 Å². The summed E-state index contributed by atoms with van der Waals surface area (Å²) in [5.41, 5.74) is 1.02. The third-order valence-corrected chi connectivity index (χ3v) is 7.08. The van der Waals surface area contributed by atoms with Crippen molar-refractivity contribution in [3.05, 3.63) is 77.6 Å². The first-order valence-electron chi connectivity index (χ1n) is 9.20. The Hall–Kier alpha value is -2.91. The Labute approximate surface area is 173 Å². The molecule has 30 heavy (non-hydrogen) atoms. The van der Waals surface area contributed by atoms with Crippen molar-refractivity contribution in [2.24, 2.45) is 0 Å². The van der Waals surface area contributed by atoms with Crippen LogP contribution in [0.3, 0.4) is 0 Å². The van der Waals surface area contributed by atoms with E-state index in [-0.39, 0.29) is 17.2 Å². The lowest BCUT2D eigenvalue weighted by molar-refractivity contribution is 0.297. The Morgan fingerprint density at radius 2 is 1.70 bits per heavy atom. The third-order valence-electron chi connectivity index (χ3n) is 5.22. The second-order valence-electron chi connectivity index (χ2n) is 6.84. The normalized spacial score (nSPS) is 16.9. The summed E-state index contributed by atoms with van der Waals surface area (Å²) < 4.78 is 68.3. The van der Waals surface area contributed by atoms with E-state index in [1.807, 2.05) is 10.8 Å². The highest BCUT2D eigenvalue weighted by molar-refractivity contribution is 7.89. The van der Waals surface area contributed by atoms with Gasteiger partial charge in [-0.25, -0.2) is 17.2 Å². The van der Waals surface area contributed by atoms with Gasteiger partial charge in [0, 0.05) is 31.0 Å². The molecular formula is C21H20F2N2O4S. The van der Waals surface area contributed by atoms with Gasteiger partial charge in [0.25, 0.3) is 0 Å². The van der Waals surface area contributed by atoms with Crippen molar-refractivity contribution in [3.63, 3.8) is 0 Å². The number of fused-ring (bicyclic) bond motifs is 1. The molecule has 0 saturated heterocycles. The van der Waals surface area contributed by atoms with E-state index in [1.165, 1.54) is 42.8 Å². The lowest BCUT2D eigenvalue weighted by Crippen LogP contribution is -2.42. The fourth-order valence-corrected chi connectivity index (χ4v) is 5.35. The van der Waals surface area contributed by atoms with Gasteiger partial charge in [-0.15, -0.1) is 0 Å². The van der Waals surface area contributed by atoms with Crippen LogP contribution in [0.4, 0.5) is 8.78 Å². The number of benzene rings is 2. The van der Waals surface area contributed by atoms with E-state index in [4.69, 9.17) is 9.47 Å². The summed E-state index contributed by atoms with van der Waals surface area (Å²) in [7, 11) is -1.11. The summed E-state index contributed by atoms with van der Waals surface area (Å²) in [6.45, 7) is 0.608. The van der Waals surface area contributed by atoms with E-state index < -0.39 is 27.7 Å². The summed E-state index contributed by atoms with van der Waals surface area (Å²) in [6.07, 6.45) is 1.84. The molecule has 1 aromatic heterocycles. The SMILES string of the molecule is COc1ccc(S(=O)(=O)N2CCn3cccc3C2c2ccc(F)c(F)c2)cc1OC. The monoisotopic (exact) mass is 434 g/mol. The number of sulfonamides is 1. The second kappa shape index (κ2) is 7.73. The van der Waals surface area contributed by atoms with Crippen LogP contribution in [-0.4, -0.2) is 38.1 Å². The fraction of sp³-hybridized carbons (Fsp3) is 0.238. The van der Waals surface area contributed by atoms with Gasteiger partial charge < -0.3 is 14.0 Å². The van der Waals surface area contributed by atoms with Crippen molar-refractivity contribution < 1.29 is 26.7 Å². The largest absolute Gasteiger partial charge is 0.493 e. The van der Waals surface area contributed by atoms with Crippen LogP contribution in [0.15, 0.2) is 59.6 Å². The van der Waals surface area contributed by atoms with Crippen LogP contribution in [0.1, 0.15) is 17.3 Å². The molecule has 1 atom stereocenters. The minimum atomic E-state index is -3.99. The molecule has 0 N–H and O–H groups in total. The molecule has 9 heteroatoms. The molecule has 1 unspecified atom stereocenters. The Morgan fingerprint density at radius 3 is 2.40 bits per heavy atom. The van der Waals surface area contributed by atoms with Gasteiger partial charge >= 0.3 is 0 Å². The number of hydrogen-bond donors (Lipinski definition) is 0. The van der Waals surface area contributed by atoms with E-state index in [9.17, 15) is 17.2 Å². The van der Waals surface area contributed by atoms with Crippen molar-refractivity contribution in [3.8, 4) is 11.5 Å². The van der Waals surface area contributed by atoms with Crippen molar-refractivity contribution in [1.29, 1.82) is 0 Å². The first-order chi connectivity index (χ1) is 14.4. The molecule has 0 fully saturated rings. The molecule has 3 aromatic rings. The number of aromatic nitrogens is 1. The van der Waals surface area contributed by atoms with Crippen LogP contribution < -0.4 is 9.47 Å². The average molecular weight is 434 g/mol. The first-order valence-corrected chi connectivity index (χ1v) is 10.6. The van der Waals surface area contributed by atoms with Gasteiger partial charge in [-0.05, 0) is 42.0 Å². The number of nitrogens with zero attached hydrogens (tertiary/aromatic N) is 2. The molecule has 0 bridgehead atoms. The maximum absolute atomic E-state index is 14.0.